The number of aromatic hydroxyl groups is 1. The number of phenolic OH excluding ortho intramolecular Hbond substituents is 1. The van der Waals surface area contributed by atoms with E-state index in [1.54, 1.807) is 12.1 Å². The van der Waals surface area contributed by atoms with Gasteiger partial charge >= 0.3 is 0 Å². The molecular formula is C11H15IN2O2. The van der Waals surface area contributed by atoms with Gasteiger partial charge in [0.25, 0.3) is 5.91 Å². The maximum absolute atomic E-state index is 11.7. The third-order valence-electron chi connectivity index (χ3n) is 1.91. The molecular weight excluding hydrogens is 319 g/mol. The largest absolute Gasteiger partial charge is 0.507 e. The molecule has 88 valence electrons. The lowest BCUT2D eigenvalue weighted by atomic mass is 10.1. The fourth-order valence-electron chi connectivity index (χ4n) is 1.06. The van der Waals surface area contributed by atoms with Crippen molar-refractivity contribution in [1.82, 2.24) is 5.32 Å². The fraction of sp³-hybridized carbons (Fsp3) is 0.364. The molecule has 4 nitrogen and oxygen atoms in total. The molecule has 0 radical (unpaired) electrons. The number of nitrogens with two attached hydrogens (primary N) is 1. The van der Waals surface area contributed by atoms with E-state index in [2.05, 4.69) is 5.32 Å². The molecule has 16 heavy (non-hydrogen) atoms. The average molecular weight is 334 g/mol. The third-order valence-corrected chi connectivity index (χ3v) is 2.83. The highest BCUT2D eigenvalue weighted by Crippen LogP contribution is 2.20. The van der Waals surface area contributed by atoms with Crippen LogP contribution in [0.3, 0.4) is 0 Å². The zero-order valence-corrected chi connectivity index (χ0v) is 11.4. The summed E-state index contributed by atoms with van der Waals surface area (Å²) in [6.07, 6.45) is 0. The predicted molar refractivity (Wildman–Crippen MR) is 71.4 cm³/mol. The van der Waals surface area contributed by atoms with Crippen LogP contribution in [-0.2, 0) is 0 Å². The lowest BCUT2D eigenvalue weighted by Crippen LogP contribution is -2.45. The first-order valence-electron chi connectivity index (χ1n) is 4.85. The number of amides is 1. The number of nitrogens with one attached hydrogen (secondary N) is 1. The predicted octanol–water partition coefficient (Wildman–Crippen LogP) is 1.46. The Kier molecular flexibility index (Phi) is 4.15. The number of carbonyl (C=O) groups excluding carboxylic acids is 1. The normalized spacial score (nSPS) is 11.2. The van der Waals surface area contributed by atoms with Gasteiger partial charge in [0.2, 0.25) is 0 Å². The second kappa shape index (κ2) is 5.01. The summed E-state index contributed by atoms with van der Waals surface area (Å²) in [7, 11) is 0. The summed E-state index contributed by atoms with van der Waals surface area (Å²) in [6, 6.07) is 4.80. The van der Waals surface area contributed by atoms with Crippen molar-refractivity contribution < 1.29 is 9.90 Å². The van der Waals surface area contributed by atoms with Crippen molar-refractivity contribution in [3.8, 4) is 5.75 Å². The molecule has 0 fully saturated rings. The minimum Gasteiger partial charge on any atom is -0.507 e. The Balaban J connectivity index is 2.70. The lowest BCUT2D eigenvalue weighted by Gasteiger charge is -2.18. The van der Waals surface area contributed by atoms with E-state index in [1.165, 1.54) is 6.07 Å². The molecule has 1 rings (SSSR count). The van der Waals surface area contributed by atoms with Gasteiger partial charge in [-0.25, -0.2) is 0 Å². The highest BCUT2D eigenvalue weighted by atomic mass is 127. The molecule has 0 aromatic heterocycles. The minimum atomic E-state index is -0.444. The SMILES string of the molecule is CC(C)(N)CNC(=O)c1ccc(I)c(O)c1. The van der Waals surface area contributed by atoms with Crippen molar-refractivity contribution in [3.05, 3.63) is 27.3 Å². The zero-order valence-electron chi connectivity index (χ0n) is 9.25. The van der Waals surface area contributed by atoms with Gasteiger partial charge in [-0.3, -0.25) is 4.79 Å². The van der Waals surface area contributed by atoms with Crippen LogP contribution in [0.4, 0.5) is 0 Å². The number of phenols is 1. The molecule has 0 saturated heterocycles. The van der Waals surface area contributed by atoms with Crippen LogP contribution in [0, 0.1) is 3.57 Å². The fourth-order valence-corrected chi connectivity index (χ4v) is 1.40. The number of carbonyl (C=O) groups is 1. The monoisotopic (exact) mass is 334 g/mol. The highest BCUT2D eigenvalue weighted by molar-refractivity contribution is 14.1. The van der Waals surface area contributed by atoms with Gasteiger partial charge in [-0.2, -0.15) is 0 Å². The van der Waals surface area contributed by atoms with Gasteiger partial charge in [0.05, 0.1) is 3.57 Å². The zero-order chi connectivity index (χ0) is 12.3. The quantitative estimate of drug-likeness (QED) is 0.733. The highest BCUT2D eigenvalue weighted by Gasteiger charge is 2.13. The average Bonchev–Trinajstić information content (AvgIpc) is 2.17. The summed E-state index contributed by atoms with van der Waals surface area (Å²) in [5, 5.41) is 12.2. The number of halogens is 1. The smallest absolute Gasteiger partial charge is 0.251 e. The summed E-state index contributed by atoms with van der Waals surface area (Å²) in [5.74, 6) is -0.120. The molecule has 0 heterocycles. The maximum atomic E-state index is 11.7. The molecule has 0 aliphatic rings. The molecule has 1 amide bonds. The third kappa shape index (κ3) is 3.97. The summed E-state index contributed by atoms with van der Waals surface area (Å²) in [4.78, 5) is 11.7. The van der Waals surface area contributed by atoms with E-state index >= 15 is 0 Å². The number of hydrogen-bond donors (Lipinski definition) is 3. The summed E-state index contributed by atoms with van der Waals surface area (Å²) < 4.78 is 0.716. The molecule has 1 aromatic carbocycles. The summed E-state index contributed by atoms with van der Waals surface area (Å²) in [6.45, 7) is 4.05. The van der Waals surface area contributed by atoms with Crippen molar-refractivity contribution >= 4 is 28.5 Å². The second-order valence-electron chi connectivity index (χ2n) is 4.34. The lowest BCUT2D eigenvalue weighted by molar-refractivity contribution is 0.0945. The Bertz CT molecular complexity index is 399. The van der Waals surface area contributed by atoms with Crippen LogP contribution in [0.5, 0.6) is 5.75 Å². The van der Waals surface area contributed by atoms with Crippen LogP contribution < -0.4 is 11.1 Å². The summed E-state index contributed by atoms with van der Waals surface area (Å²) in [5.41, 5.74) is 5.74. The number of hydrogen-bond acceptors (Lipinski definition) is 3. The Morgan fingerprint density at radius 2 is 2.19 bits per heavy atom. The van der Waals surface area contributed by atoms with E-state index in [4.69, 9.17) is 5.73 Å². The second-order valence-corrected chi connectivity index (χ2v) is 5.50. The molecule has 0 aliphatic carbocycles. The van der Waals surface area contributed by atoms with Crippen LogP contribution in [0.15, 0.2) is 18.2 Å². The van der Waals surface area contributed by atoms with Crippen LogP contribution in [-0.4, -0.2) is 23.1 Å². The van der Waals surface area contributed by atoms with Crippen LogP contribution >= 0.6 is 22.6 Å². The van der Waals surface area contributed by atoms with Crippen molar-refractivity contribution in [2.24, 2.45) is 5.73 Å². The first-order valence-corrected chi connectivity index (χ1v) is 5.93. The van der Waals surface area contributed by atoms with Gasteiger partial charge in [0, 0.05) is 17.6 Å². The molecule has 0 atom stereocenters. The Hall–Kier alpha value is -0.820. The Morgan fingerprint density at radius 1 is 1.56 bits per heavy atom. The first kappa shape index (κ1) is 13.2. The maximum Gasteiger partial charge on any atom is 0.251 e. The minimum absolute atomic E-state index is 0.111. The van der Waals surface area contributed by atoms with Gasteiger partial charge in [0.1, 0.15) is 5.75 Å². The van der Waals surface area contributed by atoms with Crippen LogP contribution in [0.25, 0.3) is 0 Å². The molecule has 0 unspecified atom stereocenters. The first-order chi connectivity index (χ1) is 7.29. The van der Waals surface area contributed by atoms with Gasteiger partial charge in [-0.15, -0.1) is 0 Å². The molecule has 0 spiro atoms. The van der Waals surface area contributed by atoms with Gasteiger partial charge in [-0.1, -0.05) is 0 Å². The topological polar surface area (TPSA) is 75.3 Å². The van der Waals surface area contributed by atoms with Crippen LogP contribution in [0.2, 0.25) is 0 Å². The van der Waals surface area contributed by atoms with E-state index in [0.29, 0.717) is 15.7 Å². The molecule has 0 aliphatic heterocycles. The van der Waals surface area contributed by atoms with Crippen molar-refractivity contribution in [1.29, 1.82) is 0 Å². The van der Waals surface area contributed by atoms with E-state index in [0.717, 1.165) is 0 Å². The van der Waals surface area contributed by atoms with E-state index in [9.17, 15) is 9.90 Å². The molecule has 5 heteroatoms. The Morgan fingerprint density at radius 3 is 2.69 bits per heavy atom. The molecule has 0 saturated carbocycles. The standard InChI is InChI=1S/C11H15IN2O2/c1-11(2,13)6-14-10(16)7-3-4-8(12)9(15)5-7/h3-5,15H,6,13H2,1-2H3,(H,14,16). The van der Waals surface area contributed by atoms with E-state index < -0.39 is 5.54 Å². The van der Waals surface area contributed by atoms with Crippen molar-refractivity contribution in [3.63, 3.8) is 0 Å². The summed E-state index contributed by atoms with van der Waals surface area (Å²) >= 11 is 2.00. The van der Waals surface area contributed by atoms with Crippen molar-refractivity contribution in [2.45, 2.75) is 19.4 Å². The van der Waals surface area contributed by atoms with Gasteiger partial charge in [0.15, 0.2) is 0 Å². The van der Waals surface area contributed by atoms with Crippen LogP contribution in [0.1, 0.15) is 24.2 Å². The van der Waals surface area contributed by atoms with Gasteiger partial charge < -0.3 is 16.2 Å². The van der Waals surface area contributed by atoms with Crippen molar-refractivity contribution in [2.75, 3.05) is 6.54 Å². The Labute approximate surface area is 108 Å². The number of benzene rings is 1. The number of rotatable bonds is 3. The van der Waals surface area contributed by atoms with E-state index in [-0.39, 0.29) is 11.7 Å². The molecule has 1 aromatic rings. The van der Waals surface area contributed by atoms with E-state index in [1.807, 2.05) is 36.4 Å². The molecule has 4 N–H and O–H groups in total. The molecule has 0 bridgehead atoms. The van der Waals surface area contributed by atoms with Gasteiger partial charge in [-0.05, 0) is 54.6 Å².